The average molecular weight is 172 g/mol. The summed E-state index contributed by atoms with van der Waals surface area (Å²) in [6, 6.07) is -0.0154. The smallest absolute Gasteiger partial charge is 0.319 e. The van der Waals surface area contributed by atoms with Gasteiger partial charge >= 0.3 is 6.03 Å². The van der Waals surface area contributed by atoms with Crippen LogP contribution in [0.3, 0.4) is 0 Å². The van der Waals surface area contributed by atoms with Crippen LogP contribution in [0.2, 0.25) is 0 Å². The fourth-order valence-electron chi connectivity index (χ4n) is 1.39. The standard InChI is InChI=1S/C8H16N2O2/c1-6-4-10(5-7(6)11)8(12)9(2)3/h6-7,11H,4-5H2,1-3H3. The molecule has 0 aromatic carbocycles. The highest BCUT2D eigenvalue weighted by atomic mass is 16.3. The van der Waals surface area contributed by atoms with Crippen molar-refractivity contribution in [2.45, 2.75) is 13.0 Å². The van der Waals surface area contributed by atoms with Crippen molar-refractivity contribution in [3.8, 4) is 0 Å². The fraction of sp³-hybridized carbons (Fsp3) is 0.875. The third kappa shape index (κ3) is 1.69. The van der Waals surface area contributed by atoms with E-state index in [1.54, 1.807) is 19.0 Å². The van der Waals surface area contributed by atoms with E-state index < -0.39 is 0 Å². The van der Waals surface area contributed by atoms with E-state index in [1.807, 2.05) is 6.92 Å². The molecule has 1 N–H and O–H groups in total. The summed E-state index contributed by atoms with van der Waals surface area (Å²) in [5.41, 5.74) is 0. The SMILES string of the molecule is CC1CN(C(=O)N(C)C)CC1O. The van der Waals surface area contributed by atoms with Gasteiger partial charge in [0.05, 0.1) is 6.10 Å². The molecule has 2 unspecified atom stereocenters. The number of aliphatic hydroxyl groups is 1. The minimum atomic E-state index is -0.353. The lowest BCUT2D eigenvalue weighted by molar-refractivity contribution is 0.144. The molecule has 2 atom stereocenters. The maximum Gasteiger partial charge on any atom is 0.319 e. The van der Waals surface area contributed by atoms with E-state index in [9.17, 15) is 9.90 Å². The van der Waals surface area contributed by atoms with Crippen LogP contribution in [0.5, 0.6) is 0 Å². The number of rotatable bonds is 0. The van der Waals surface area contributed by atoms with E-state index in [4.69, 9.17) is 0 Å². The van der Waals surface area contributed by atoms with Gasteiger partial charge in [-0.05, 0) is 0 Å². The Morgan fingerprint density at radius 3 is 2.42 bits per heavy atom. The zero-order chi connectivity index (χ0) is 9.30. The summed E-state index contributed by atoms with van der Waals surface area (Å²) in [7, 11) is 3.44. The molecule has 1 fully saturated rings. The highest BCUT2D eigenvalue weighted by Crippen LogP contribution is 2.16. The monoisotopic (exact) mass is 172 g/mol. The maximum atomic E-state index is 11.4. The lowest BCUT2D eigenvalue weighted by Crippen LogP contribution is -2.38. The predicted octanol–water partition coefficient (Wildman–Crippen LogP) is -0.0194. The van der Waals surface area contributed by atoms with Crippen molar-refractivity contribution in [1.82, 2.24) is 9.80 Å². The number of carbonyl (C=O) groups excluding carboxylic acids is 1. The van der Waals surface area contributed by atoms with Gasteiger partial charge in [-0.15, -0.1) is 0 Å². The predicted molar refractivity (Wildman–Crippen MR) is 45.8 cm³/mol. The highest BCUT2D eigenvalue weighted by Gasteiger charge is 2.31. The van der Waals surface area contributed by atoms with Crippen LogP contribution in [0.1, 0.15) is 6.92 Å². The van der Waals surface area contributed by atoms with Gasteiger partial charge in [-0.2, -0.15) is 0 Å². The third-order valence-electron chi connectivity index (χ3n) is 2.23. The number of aliphatic hydroxyl groups excluding tert-OH is 1. The van der Waals surface area contributed by atoms with Crippen molar-refractivity contribution in [2.75, 3.05) is 27.2 Å². The molecule has 0 aliphatic carbocycles. The van der Waals surface area contributed by atoms with Gasteiger partial charge in [-0.3, -0.25) is 0 Å². The Labute approximate surface area is 72.8 Å². The summed E-state index contributed by atoms with van der Waals surface area (Å²) in [4.78, 5) is 14.6. The normalized spacial score (nSPS) is 29.2. The minimum Gasteiger partial charge on any atom is -0.391 e. The lowest BCUT2D eigenvalue weighted by Gasteiger charge is -2.20. The Morgan fingerprint density at radius 2 is 2.08 bits per heavy atom. The van der Waals surface area contributed by atoms with Crippen LogP contribution < -0.4 is 0 Å². The first-order valence-electron chi connectivity index (χ1n) is 4.16. The van der Waals surface area contributed by atoms with E-state index in [-0.39, 0.29) is 18.1 Å². The number of β-amino-alcohol motifs (C(OH)–C–C–N with tert-alkyl or cyclic N) is 1. The molecule has 4 nitrogen and oxygen atoms in total. The van der Waals surface area contributed by atoms with Crippen molar-refractivity contribution in [2.24, 2.45) is 5.92 Å². The van der Waals surface area contributed by atoms with Crippen LogP contribution >= 0.6 is 0 Å². The number of urea groups is 1. The third-order valence-corrected chi connectivity index (χ3v) is 2.23. The van der Waals surface area contributed by atoms with Gasteiger partial charge in [0.2, 0.25) is 0 Å². The van der Waals surface area contributed by atoms with E-state index in [1.165, 1.54) is 4.90 Å². The molecule has 1 heterocycles. The Morgan fingerprint density at radius 1 is 1.50 bits per heavy atom. The molecular weight excluding hydrogens is 156 g/mol. The zero-order valence-corrected chi connectivity index (χ0v) is 7.82. The molecule has 0 spiro atoms. The molecule has 1 saturated heterocycles. The number of likely N-dealkylation sites (tertiary alicyclic amines) is 1. The number of hydrogen-bond acceptors (Lipinski definition) is 2. The van der Waals surface area contributed by atoms with Crippen molar-refractivity contribution in [3.05, 3.63) is 0 Å². The van der Waals surface area contributed by atoms with Crippen molar-refractivity contribution < 1.29 is 9.90 Å². The zero-order valence-electron chi connectivity index (χ0n) is 7.82. The van der Waals surface area contributed by atoms with Gasteiger partial charge in [-0.1, -0.05) is 6.92 Å². The van der Waals surface area contributed by atoms with Crippen LogP contribution in [0, 0.1) is 5.92 Å². The molecule has 0 saturated carbocycles. The van der Waals surface area contributed by atoms with Gasteiger partial charge in [0, 0.05) is 33.1 Å². The van der Waals surface area contributed by atoms with Crippen LogP contribution in [0.4, 0.5) is 4.79 Å². The van der Waals surface area contributed by atoms with Crippen LogP contribution in [0.25, 0.3) is 0 Å². The summed E-state index contributed by atoms with van der Waals surface area (Å²) < 4.78 is 0. The lowest BCUT2D eigenvalue weighted by atomic mass is 10.1. The number of carbonyl (C=O) groups is 1. The van der Waals surface area contributed by atoms with Crippen molar-refractivity contribution in [3.63, 3.8) is 0 Å². The molecule has 12 heavy (non-hydrogen) atoms. The minimum absolute atomic E-state index is 0.0154. The van der Waals surface area contributed by atoms with Crippen molar-refractivity contribution in [1.29, 1.82) is 0 Å². The molecule has 0 radical (unpaired) electrons. The summed E-state index contributed by atoms with van der Waals surface area (Å²) in [6.45, 7) is 3.09. The molecule has 0 bridgehead atoms. The highest BCUT2D eigenvalue weighted by molar-refractivity contribution is 5.74. The molecule has 0 aromatic heterocycles. The Balaban J connectivity index is 2.52. The average Bonchev–Trinajstić information content (AvgIpc) is 2.30. The maximum absolute atomic E-state index is 11.4. The molecule has 1 aliphatic rings. The summed E-state index contributed by atoms with van der Waals surface area (Å²) in [5.74, 6) is 0.203. The van der Waals surface area contributed by atoms with Crippen LogP contribution in [-0.4, -0.2) is 54.2 Å². The van der Waals surface area contributed by atoms with Gasteiger partial charge in [0.25, 0.3) is 0 Å². The van der Waals surface area contributed by atoms with Gasteiger partial charge in [-0.25, -0.2) is 4.79 Å². The molecule has 2 amide bonds. The van der Waals surface area contributed by atoms with E-state index >= 15 is 0 Å². The Bertz CT molecular complexity index is 172. The first-order chi connectivity index (χ1) is 5.52. The van der Waals surface area contributed by atoms with E-state index in [0.29, 0.717) is 13.1 Å². The van der Waals surface area contributed by atoms with E-state index in [0.717, 1.165) is 0 Å². The van der Waals surface area contributed by atoms with Gasteiger partial charge in [0.1, 0.15) is 0 Å². The molecule has 1 rings (SSSR count). The second-order valence-electron chi connectivity index (χ2n) is 3.63. The quantitative estimate of drug-likeness (QED) is 0.558. The largest absolute Gasteiger partial charge is 0.391 e. The number of nitrogens with zero attached hydrogens (tertiary/aromatic N) is 2. The number of amides is 2. The second kappa shape index (κ2) is 3.31. The summed E-state index contributed by atoms with van der Waals surface area (Å²) >= 11 is 0. The topological polar surface area (TPSA) is 43.8 Å². The van der Waals surface area contributed by atoms with Crippen LogP contribution in [-0.2, 0) is 0 Å². The number of hydrogen-bond donors (Lipinski definition) is 1. The van der Waals surface area contributed by atoms with Gasteiger partial charge in [0.15, 0.2) is 0 Å². The molecule has 70 valence electrons. The molecular formula is C8H16N2O2. The molecule has 4 heteroatoms. The van der Waals surface area contributed by atoms with E-state index in [2.05, 4.69) is 0 Å². The second-order valence-corrected chi connectivity index (χ2v) is 3.63. The van der Waals surface area contributed by atoms with Crippen molar-refractivity contribution >= 4 is 6.03 Å². The fourth-order valence-corrected chi connectivity index (χ4v) is 1.39. The molecule has 0 aromatic rings. The van der Waals surface area contributed by atoms with Gasteiger partial charge < -0.3 is 14.9 Å². The summed E-state index contributed by atoms with van der Waals surface area (Å²) in [5, 5.41) is 9.39. The van der Waals surface area contributed by atoms with Crippen LogP contribution in [0.15, 0.2) is 0 Å². The Kier molecular flexibility index (Phi) is 2.57. The first kappa shape index (κ1) is 9.32. The first-order valence-corrected chi connectivity index (χ1v) is 4.16. The summed E-state index contributed by atoms with van der Waals surface area (Å²) in [6.07, 6.45) is -0.353. The Hall–Kier alpha value is -0.770. The molecule has 1 aliphatic heterocycles.